The molecule has 0 radical (unpaired) electrons. The Morgan fingerprint density at radius 3 is 2.41 bits per heavy atom. The molecule has 0 aliphatic rings. The van der Waals surface area contributed by atoms with Crippen molar-refractivity contribution in [3.63, 3.8) is 0 Å². The molecule has 2 N–H and O–H groups in total. The van der Waals surface area contributed by atoms with Gasteiger partial charge >= 0.3 is 6.36 Å². The van der Waals surface area contributed by atoms with Crippen LogP contribution in [-0.2, 0) is 6.54 Å². The van der Waals surface area contributed by atoms with E-state index in [0.717, 1.165) is 0 Å². The van der Waals surface area contributed by atoms with Gasteiger partial charge in [0.2, 0.25) is 0 Å². The molecule has 0 aliphatic carbocycles. The molecule has 0 spiro atoms. The fraction of sp³-hybridized carbons (Fsp3) is 0.375. The van der Waals surface area contributed by atoms with E-state index in [-0.39, 0.29) is 15.8 Å². The van der Waals surface area contributed by atoms with Crippen molar-refractivity contribution < 1.29 is 26.7 Å². The van der Waals surface area contributed by atoms with E-state index in [9.17, 15) is 22.0 Å². The van der Waals surface area contributed by atoms with Gasteiger partial charge in [-0.2, -0.15) is 0 Å². The zero-order valence-electron chi connectivity index (χ0n) is 8.06. The number of hydrogen-bond donors (Lipinski definition) is 1. The standard InChI is InChI=1S/C8H6F5IN2O/c9-6(10)4-2-16-7(14)3(1-15)5(4)17-8(11,12)13/h2,6H,1,15H2. The van der Waals surface area contributed by atoms with Crippen molar-refractivity contribution in [2.24, 2.45) is 5.73 Å². The van der Waals surface area contributed by atoms with Crippen LogP contribution in [0.2, 0.25) is 0 Å². The molecule has 0 saturated carbocycles. The average Bonchev–Trinajstić information content (AvgIpc) is 2.15. The summed E-state index contributed by atoms with van der Waals surface area (Å²) < 4.78 is 65.0. The van der Waals surface area contributed by atoms with Crippen LogP contribution in [-0.4, -0.2) is 11.3 Å². The van der Waals surface area contributed by atoms with E-state index in [1.165, 1.54) is 0 Å². The Kier molecular flexibility index (Phi) is 4.47. The first-order valence-corrected chi connectivity index (χ1v) is 5.25. The molecule has 1 aromatic heterocycles. The summed E-state index contributed by atoms with van der Waals surface area (Å²) in [6, 6.07) is 0. The largest absolute Gasteiger partial charge is 0.573 e. The molecule has 3 nitrogen and oxygen atoms in total. The van der Waals surface area contributed by atoms with Crippen molar-refractivity contribution >= 4 is 22.6 Å². The lowest BCUT2D eigenvalue weighted by Gasteiger charge is -2.16. The number of nitrogens with two attached hydrogens (primary N) is 1. The quantitative estimate of drug-likeness (QED) is 0.507. The summed E-state index contributed by atoms with van der Waals surface area (Å²) in [5.41, 5.74) is 4.08. The highest BCUT2D eigenvalue weighted by Gasteiger charge is 2.35. The molecule has 0 aromatic carbocycles. The molecule has 1 rings (SSSR count). The summed E-state index contributed by atoms with van der Waals surface area (Å²) in [5, 5.41) is 0. The molecule has 0 aliphatic heterocycles. The van der Waals surface area contributed by atoms with Gasteiger partial charge in [-0.1, -0.05) is 0 Å². The third-order valence-corrected chi connectivity index (χ3v) is 2.69. The highest BCUT2D eigenvalue weighted by atomic mass is 127. The van der Waals surface area contributed by atoms with Crippen molar-refractivity contribution in [3.05, 3.63) is 21.0 Å². The Hall–Kier alpha value is -0.710. The van der Waals surface area contributed by atoms with Crippen molar-refractivity contribution in [3.8, 4) is 5.75 Å². The smallest absolute Gasteiger partial charge is 0.405 e. The third-order valence-electron chi connectivity index (χ3n) is 1.76. The summed E-state index contributed by atoms with van der Waals surface area (Å²) in [5.74, 6) is -0.964. The van der Waals surface area contributed by atoms with Crippen LogP contribution >= 0.6 is 22.6 Å². The van der Waals surface area contributed by atoms with Crippen LogP contribution in [0, 0.1) is 3.70 Å². The lowest BCUT2D eigenvalue weighted by molar-refractivity contribution is -0.275. The van der Waals surface area contributed by atoms with E-state index in [1.54, 1.807) is 22.6 Å². The van der Waals surface area contributed by atoms with Crippen LogP contribution in [0.4, 0.5) is 22.0 Å². The van der Waals surface area contributed by atoms with Gasteiger partial charge in [0.05, 0.1) is 5.56 Å². The van der Waals surface area contributed by atoms with Crippen molar-refractivity contribution in [1.82, 2.24) is 4.98 Å². The Labute approximate surface area is 106 Å². The molecule has 0 atom stereocenters. The lowest BCUT2D eigenvalue weighted by Crippen LogP contribution is -2.21. The summed E-state index contributed by atoms with van der Waals surface area (Å²) in [6.07, 6.45) is -7.54. The summed E-state index contributed by atoms with van der Waals surface area (Å²) in [4.78, 5) is 3.54. The van der Waals surface area contributed by atoms with E-state index in [0.29, 0.717) is 6.20 Å². The maximum atomic E-state index is 12.5. The molecule has 0 fully saturated rings. The predicted molar refractivity (Wildman–Crippen MR) is 56.5 cm³/mol. The topological polar surface area (TPSA) is 48.1 Å². The fourth-order valence-electron chi connectivity index (χ4n) is 1.10. The SMILES string of the molecule is NCc1c(I)ncc(C(F)F)c1OC(F)(F)F. The highest BCUT2D eigenvalue weighted by Crippen LogP contribution is 2.36. The zero-order chi connectivity index (χ0) is 13.2. The second-order valence-corrected chi connectivity index (χ2v) is 3.89. The number of nitrogens with zero attached hydrogens (tertiary/aromatic N) is 1. The van der Waals surface area contributed by atoms with Gasteiger partial charge in [-0.15, -0.1) is 13.2 Å². The molecule has 0 saturated heterocycles. The molecule has 0 unspecified atom stereocenters. The lowest BCUT2D eigenvalue weighted by atomic mass is 10.2. The summed E-state index contributed by atoms with van der Waals surface area (Å²) in [6.45, 7) is -0.378. The number of rotatable bonds is 3. The van der Waals surface area contributed by atoms with E-state index in [2.05, 4.69) is 9.72 Å². The van der Waals surface area contributed by atoms with Gasteiger partial charge in [0, 0.05) is 18.3 Å². The third kappa shape index (κ3) is 3.63. The molecule has 9 heteroatoms. The van der Waals surface area contributed by atoms with Gasteiger partial charge in [0.1, 0.15) is 9.45 Å². The number of hydrogen-bond acceptors (Lipinski definition) is 3. The van der Waals surface area contributed by atoms with Crippen LogP contribution in [0.25, 0.3) is 0 Å². The molecule has 0 bridgehead atoms. The minimum atomic E-state index is -5.06. The number of pyridine rings is 1. The number of ether oxygens (including phenoxy) is 1. The van der Waals surface area contributed by atoms with Crippen LogP contribution in [0.5, 0.6) is 5.75 Å². The number of halogens is 6. The molecule has 17 heavy (non-hydrogen) atoms. The van der Waals surface area contributed by atoms with Crippen molar-refractivity contribution in [1.29, 1.82) is 0 Å². The fourth-order valence-corrected chi connectivity index (χ4v) is 1.70. The minimum absolute atomic E-state index is 0.0914. The molecule has 0 amide bonds. The monoisotopic (exact) mass is 368 g/mol. The average molecular weight is 368 g/mol. The Morgan fingerprint density at radius 2 is 2.00 bits per heavy atom. The minimum Gasteiger partial charge on any atom is -0.405 e. The van der Waals surface area contributed by atoms with Crippen molar-refractivity contribution in [2.75, 3.05) is 0 Å². The predicted octanol–water partition coefficient (Wildman–Crippen LogP) is 2.98. The van der Waals surface area contributed by atoms with E-state index >= 15 is 0 Å². The molecule has 1 heterocycles. The first kappa shape index (κ1) is 14.4. The maximum absolute atomic E-state index is 12.5. The molecular weight excluding hydrogens is 362 g/mol. The summed E-state index contributed by atoms with van der Waals surface area (Å²) >= 11 is 1.59. The van der Waals surface area contributed by atoms with Crippen LogP contribution in [0.3, 0.4) is 0 Å². The second-order valence-electron chi connectivity index (χ2n) is 2.86. The van der Waals surface area contributed by atoms with Gasteiger partial charge in [0.15, 0.2) is 0 Å². The number of aromatic nitrogens is 1. The zero-order valence-corrected chi connectivity index (χ0v) is 10.2. The van der Waals surface area contributed by atoms with E-state index in [4.69, 9.17) is 5.73 Å². The summed E-state index contributed by atoms with van der Waals surface area (Å²) in [7, 11) is 0. The second kappa shape index (κ2) is 5.29. The Morgan fingerprint density at radius 1 is 1.41 bits per heavy atom. The first-order valence-electron chi connectivity index (χ1n) is 4.17. The van der Waals surface area contributed by atoms with Crippen LogP contribution in [0.15, 0.2) is 6.20 Å². The maximum Gasteiger partial charge on any atom is 0.573 e. The van der Waals surface area contributed by atoms with Gasteiger partial charge < -0.3 is 10.5 Å². The van der Waals surface area contributed by atoms with Crippen LogP contribution in [0.1, 0.15) is 17.6 Å². The Bertz CT molecular complexity index is 410. The number of alkyl halides is 5. The Balaban J connectivity index is 3.34. The van der Waals surface area contributed by atoms with Gasteiger partial charge in [0.25, 0.3) is 6.43 Å². The normalized spacial score (nSPS) is 12.0. The van der Waals surface area contributed by atoms with Crippen LogP contribution < -0.4 is 10.5 Å². The van der Waals surface area contributed by atoms with E-state index in [1.807, 2.05) is 0 Å². The van der Waals surface area contributed by atoms with Crippen molar-refractivity contribution in [2.45, 2.75) is 19.3 Å². The molecule has 96 valence electrons. The van der Waals surface area contributed by atoms with E-state index < -0.39 is 24.1 Å². The molecular formula is C8H6F5IN2O. The van der Waals surface area contributed by atoms with Gasteiger partial charge in [-0.25, -0.2) is 13.8 Å². The van der Waals surface area contributed by atoms with Gasteiger partial charge in [-0.3, -0.25) is 0 Å². The highest BCUT2D eigenvalue weighted by molar-refractivity contribution is 14.1. The molecule has 1 aromatic rings. The first-order chi connectivity index (χ1) is 7.76. The van der Waals surface area contributed by atoms with Gasteiger partial charge in [-0.05, 0) is 22.6 Å².